The molecule has 1 fully saturated rings. The van der Waals surface area contributed by atoms with Crippen LogP contribution in [0.5, 0.6) is 0 Å². The largest absolute Gasteiger partial charge is 0.381 e. The zero-order chi connectivity index (χ0) is 13.3. The highest BCUT2D eigenvalue weighted by atomic mass is 16.5. The van der Waals surface area contributed by atoms with Gasteiger partial charge in [0.15, 0.2) is 5.78 Å². The molecule has 0 N–H and O–H groups in total. The minimum Gasteiger partial charge on any atom is -0.381 e. The Morgan fingerprint density at radius 2 is 2.11 bits per heavy atom. The van der Waals surface area contributed by atoms with Crippen LogP contribution < -0.4 is 11.2 Å². The van der Waals surface area contributed by atoms with Gasteiger partial charge in [0.25, 0.3) is 5.56 Å². The topological polar surface area (TPSA) is 70.3 Å². The Morgan fingerprint density at radius 3 is 2.72 bits per heavy atom. The van der Waals surface area contributed by atoms with E-state index < -0.39 is 11.2 Å². The molecule has 0 saturated carbocycles. The normalized spacial score (nSPS) is 19.8. The summed E-state index contributed by atoms with van der Waals surface area (Å²) in [6, 6.07) is 0. The van der Waals surface area contributed by atoms with Gasteiger partial charge in [0.2, 0.25) is 0 Å². The first-order valence-corrected chi connectivity index (χ1v) is 5.91. The smallest absolute Gasteiger partial charge is 0.330 e. The van der Waals surface area contributed by atoms with Crippen molar-refractivity contribution in [3.05, 3.63) is 32.6 Å². The second-order valence-corrected chi connectivity index (χ2v) is 4.58. The summed E-state index contributed by atoms with van der Waals surface area (Å²) < 4.78 is 7.45. The van der Waals surface area contributed by atoms with Crippen LogP contribution in [0.2, 0.25) is 0 Å². The molecule has 0 aliphatic carbocycles. The summed E-state index contributed by atoms with van der Waals surface area (Å²) in [5.74, 6) is -0.505. The van der Waals surface area contributed by atoms with Gasteiger partial charge in [0.1, 0.15) is 0 Å². The van der Waals surface area contributed by atoms with Gasteiger partial charge in [0, 0.05) is 32.8 Å². The molecule has 6 nitrogen and oxygen atoms in total. The highest BCUT2D eigenvalue weighted by Gasteiger charge is 2.26. The molecule has 2 heterocycles. The summed E-state index contributed by atoms with van der Waals surface area (Å²) in [6.07, 6.45) is 2.87. The van der Waals surface area contributed by atoms with Crippen molar-refractivity contribution in [2.75, 3.05) is 13.2 Å². The number of carbonyl (C=O) groups is 1. The molecule has 0 radical (unpaired) electrons. The van der Waals surface area contributed by atoms with E-state index in [0.29, 0.717) is 13.2 Å². The number of hydrogen-bond acceptors (Lipinski definition) is 4. The molecule has 1 unspecified atom stereocenters. The van der Waals surface area contributed by atoms with Crippen LogP contribution in [-0.4, -0.2) is 28.1 Å². The van der Waals surface area contributed by atoms with E-state index in [0.717, 1.165) is 17.4 Å². The number of nitrogens with zero attached hydrogens (tertiary/aromatic N) is 2. The molecule has 18 heavy (non-hydrogen) atoms. The van der Waals surface area contributed by atoms with Crippen molar-refractivity contribution in [2.24, 2.45) is 20.0 Å². The van der Waals surface area contributed by atoms with Gasteiger partial charge in [-0.2, -0.15) is 0 Å². The number of Topliss-reactive ketones (excluding diaryl/α,β-unsaturated/α-hetero) is 1. The molecule has 0 spiro atoms. The van der Waals surface area contributed by atoms with E-state index >= 15 is 0 Å². The van der Waals surface area contributed by atoms with E-state index in [9.17, 15) is 14.4 Å². The van der Waals surface area contributed by atoms with Gasteiger partial charge in [-0.3, -0.25) is 14.2 Å². The predicted molar refractivity (Wildman–Crippen MR) is 64.8 cm³/mol. The predicted octanol–water partition coefficient (Wildman–Crippen LogP) is -0.307. The summed E-state index contributed by atoms with van der Waals surface area (Å²) in [7, 11) is 2.90. The summed E-state index contributed by atoms with van der Waals surface area (Å²) in [4.78, 5) is 35.7. The summed E-state index contributed by atoms with van der Waals surface area (Å²) in [5, 5.41) is 0. The fourth-order valence-corrected chi connectivity index (χ4v) is 2.14. The molecule has 1 aliphatic heterocycles. The van der Waals surface area contributed by atoms with Crippen LogP contribution in [0.15, 0.2) is 15.8 Å². The average Bonchev–Trinajstić information content (AvgIpc) is 2.41. The van der Waals surface area contributed by atoms with E-state index in [2.05, 4.69) is 0 Å². The second kappa shape index (κ2) is 4.89. The lowest BCUT2D eigenvalue weighted by atomic mass is 9.94. The van der Waals surface area contributed by atoms with Crippen LogP contribution in [0.1, 0.15) is 23.2 Å². The lowest BCUT2D eigenvalue weighted by Crippen LogP contribution is -2.41. The van der Waals surface area contributed by atoms with Crippen molar-refractivity contribution in [1.82, 2.24) is 9.13 Å². The second-order valence-electron chi connectivity index (χ2n) is 4.58. The Labute approximate surface area is 104 Å². The van der Waals surface area contributed by atoms with Crippen molar-refractivity contribution in [3.8, 4) is 0 Å². The number of hydrogen-bond donors (Lipinski definition) is 0. The number of ketones is 1. The maximum absolute atomic E-state index is 12.2. The standard InChI is InChI=1S/C12H16N2O4/c1-13-6-9(11(16)14(2)12(13)17)10(15)8-4-3-5-18-7-8/h6,8H,3-5,7H2,1-2H3. The molecule has 6 heteroatoms. The fourth-order valence-electron chi connectivity index (χ4n) is 2.14. The molecule has 0 bridgehead atoms. The third-order valence-corrected chi connectivity index (χ3v) is 3.24. The molecule has 98 valence electrons. The molecule has 1 aliphatic rings. The van der Waals surface area contributed by atoms with Gasteiger partial charge >= 0.3 is 5.69 Å². The summed E-state index contributed by atoms with van der Waals surface area (Å²) in [5.41, 5.74) is -0.903. The van der Waals surface area contributed by atoms with Gasteiger partial charge in [-0.1, -0.05) is 0 Å². The molecule has 1 saturated heterocycles. The third kappa shape index (κ3) is 2.15. The molecule has 1 aromatic rings. The number of aryl methyl sites for hydroxylation is 1. The van der Waals surface area contributed by atoms with Crippen molar-refractivity contribution >= 4 is 5.78 Å². The van der Waals surface area contributed by atoms with Gasteiger partial charge in [-0.15, -0.1) is 0 Å². The van der Waals surface area contributed by atoms with Crippen LogP contribution in [0.4, 0.5) is 0 Å². The monoisotopic (exact) mass is 252 g/mol. The van der Waals surface area contributed by atoms with Crippen molar-refractivity contribution in [1.29, 1.82) is 0 Å². The average molecular weight is 252 g/mol. The Kier molecular flexibility index (Phi) is 3.47. The Morgan fingerprint density at radius 1 is 1.39 bits per heavy atom. The van der Waals surface area contributed by atoms with Gasteiger partial charge in [-0.25, -0.2) is 4.79 Å². The lowest BCUT2D eigenvalue weighted by molar-refractivity contribution is 0.0459. The van der Waals surface area contributed by atoms with Crippen molar-refractivity contribution in [2.45, 2.75) is 12.8 Å². The lowest BCUT2D eigenvalue weighted by Gasteiger charge is -2.20. The Hall–Kier alpha value is -1.69. The molecular formula is C12H16N2O4. The molecule has 2 rings (SSSR count). The van der Waals surface area contributed by atoms with Crippen molar-refractivity contribution < 1.29 is 9.53 Å². The third-order valence-electron chi connectivity index (χ3n) is 3.24. The van der Waals surface area contributed by atoms with Gasteiger partial charge < -0.3 is 9.30 Å². The summed E-state index contributed by atoms with van der Waals surface area (Å²) >= 11 is 0. The Balaban J connectivity index is 2.42. The number of ether oxygens (including phenoxy) is 1. The first kappa shape index (κ1) is 12.8. The maximum Gasteiger partial charge on any atom is 0.330 e. The van der Waals surface area contributed by atoms with Gasteiger partial charge in [0.05, 0.1) is 12.2 Å². The zero-order valence-electron chi connectivity index (χ0n) is 10.5. The fraction of sp³-hybridized carbons (Fsp3) is 0.583. The molecule has 0 aromatic carbocycles. The van der Waals surface area contributed by atoms with Crippen LogP contribution in [0.25, 0.3) is 0 Å². The Bertz CT molecular complexity index is 579. The molecule has 1 atom stereocenters. The summed E-state index contributed by atoms with van der Waals surface area (Å²) in [6.45, 7) is 1.01. The van der Waals surface area contributed by atoms with Crippen molar-refractivity contribution in [3.63, 3.8) is 0 Å². The van der Waals surface area contributed by atoms with Crippen LogP contribution in [-0.2, 0) is 18.8 Å². The highest BCUT2D eigenvalue weighted by Crippen LogP contribution is 2.17. The van der Waals surface area contributed by atoms with E-state index in [1.807, 2.05) is 0 Å². The van der Waals surface area contributed by atoms with E-state index in [4.69, 9.17) is 4.74 Å². The van der Waals surface area contributed by atoms with Gasteiger partial charge in [-0.05, 0) is 12.8 Å². The zero-order valence-corrected chi connectivity index (χ0v) is 10.5. The van der Waals surface area contributed by atoms with E-state index in [1.54, 1.807) is 0 Å². The van der Waals surface area contributed by atoms with Crippen LogP contribution in [0, 0.1) is 5.92 Å². The highest BCUT2D eigenvalue weighted by molar-refractivity contribution is 5.97. The minimum atomic E-state index is -0.534. The quantitative estimate of drug-likeness (QED) is 0.677. The number of rotatable bonds is 2. The van der Waals surface area contributed by atoms with Crippen LogP contribution in [0.3, 0.4) is 0 Å². The number of aromatic nitrogens is 2. The van der Waals surface area contributed by atoms with E-state index in [1.165, 1.54) is 24.9 Å². The maximum atomic E-state index is 12.2. The first-order valence-electron chi connectivity index (χ1n) is 5.91. The molecule has 1 aromatic heterocycles. The minimum absolute atomic E-state index is 0.0649. The number of carbonyl (C=O) groups excluding carboxylic acids is 1. The molecular weight excluding hydrogens is 236 g/mol. The molecule has 0 amide bonds. The SMILES string of the molecule is Cn1cc(C(=O)C2CCCOC2)c(=O)n(C)c1=O. The first-order chi connectivity index (χ1) is 8.52. The van der Waals surface area contributed by atoms with Crippen LogP contribution >= 0.6 is 0 Å². The van der Waals surface area contributed by atoms with E-state index in [-0.39, 0.29) is 17.3 Å².